The second-order valence-corrected chi connectivity index (χ2v) is 10.6. The lowest BCUT2D eigenvalue weighted by atomic mass is 9.90. The van der Waals surface area contributed by atoms with Gasteiger partial charge in [0.25, 0.3) is 0 Å². The van der Waals surface area contributed by atoms with Crippen molar-refractivity contribution in [2.45, 2.75) is 67.2 Å². The van der Waals surface area contributed by atoms with E-state index in [9.17, 15) is 14.4 Å². The van der Waals surface area contributed by atoms with E-state index in [0.29, 0.717) is 24.5 Å². The molecule has 190 valence electrons. The highest BCUT2D eigenvalue weighted by atomic mass is 16.6. The van der Waals surface area contributed by atoms with Gasteiger partial charge in [-0.1, -0.05) is 6.07 Å². The SMILES string of the molecule is CCN1C(=O)C(C)(C)C(=O)N(C)c2cc(CN(Cc3cc(C)nn3C)C(=O)OC(C)(C)C)ccc21. The Morgan fingerprint density at radius 2 is 1.71 bits per heavy atom. The first-order chi connectivity index (χ1) is 16.2. The Morgan fingerprint density at radius 1 is 1.06 bits per heavy atom. The van der Waals surface area contributed by atoms with Crippen molar-refractivity contribution in [2.75, 3.05) is 23.4 Å². The zero-order chi connectivity index (χ0) is 26.3. The molecule has 9 nitrogen and oxygen atoms in total. The van der Waals surface area contributed by atoms with Gasteiger partial charge >= 0.3 is 6.09 Å². The molecule has 0 atom stereocenters. The van der Waals surface area contributed by atoms with E-state index in [2.05, 4.69) is 5.10 Å². The van der Waals surface area contributed by atoms with Crippen LogP contribution in [-0.2, 0) is 34.5 Å². The fraction of sp³-hybridized carbons (Fsp3) is 0.538. The van der Waals surface area contributed by atoms with E-state index in [1.165, 1.54) is 4.90 Å². The van der Waals surface area contributed by atoms with Gasteiger partial charge in [-0.15, -0.1) is 0 Å². The maximum atomic E-state index is 13.2. The second-order valence-electron chi connectivity index (χ2n) is 10.6. The van der Waals surface area contributed by atoms with Gasteiger partial charge in [-0.3, -0.25) is 19.2 Å². The summed E-state index contributed by atoms with van der Waals surface area (Å²) in [5.74, 6) is -0.503. The van der Waals surface area contributed by atoms with Crippen LogP contribution in [0.15, 0.2) is 24.3 Å². The average molecular weight is 484 g/mol. The van der Waals surface area contributed by atoms with Crippen LogP contribution in [0.2, 0.25) is 0 Å². The number of fused-ring (bicyclic) bond motifs is 1. The maximum absolute atomic E-state index is 13.2. The lowest BCUT2D eigenvalue weighted by Crippen LogP contribution is -2.47. The molecule has 0 radical (unpaired) electrons. The highest BCUT2D eigenvalue weighted by Crippen LogP contribution is 2.39. The average Bonchev–Trinajstić information content (AvgIpc) is 3.06. The molecule has 0 N–H and O–H groups in total. The molecule has 35 heavy (non-hydrogen) atoms. The van der Waals surface area contributed by atoms with Crippen LogP contribution in [0.3, 0.4) is 0 Å². The van der Waals surface area contributed by atoms with Crippen LogP contribution in [-0.4, -0.2) is 51.8 Å². The molecule has 1 aliphatic rings. The topological polar surface area (TPSA) is 88.0 Å². The number of amides is 3. The quantitative estimate of drug-likeness (QED) is 0.600. The molecule has 9 heteroatoms. The Balaban J connectivity index is 2.00. The summed E-state index contributed by atoms with van der Waals surface area (Å²) in [6.07, 6.45) is -0.442. The predicted octanol–water partition coefficient (Wildman–Crippen LogP) is 4.02. The van der Waals surface area contributed by atoms with Gasteiger partial charge in [-0.25, -0.2) is 4.79 Å². The molecule has 0 spiro atoms. The number of carbonyl (C=O) groups is 3. The van der Waals surface area contributed by atoms with Gasteiger partial charge in [-0.2, -0.15) is 5.10 Å². The number of hydrogen-bond acceptors (Lipinski definition) is 5. The van der Waals surface area contributed by atoms with Crippen LogP contribution in [0.4, 0.5) is 16.2 Å². The predicted molar refractivity (Wildman–Crippen MR) is 135 cm³/mol. The van der Waals surface area contributed by atoms with E-state index in [4.69, 9.17) is 4.74 Å². The number of anilines is 2. The summed E-state index contributed by atoms with van der Waals surface area (Å²) in [4.78, 5) is 44.2. The molecule has 2 aromatic rings. The summed E-state index contributed by atoms with van der Waals surface area (Å²) in [7, 11) is 3.53. The smallest absolute Gasteiger partial charge is 0.410 e. The van der Waals surface area contributed by atoms with E-state index >= 15 is 0 Å². The zero-order valence-corrected chi connectivity index (χ0v) is 22.3. The molecule has 2 heterocycles. The molecular formula is C26H37N5O4. The molecule has 0 aliphatic carbocycles. The van der Waals surface area contributed by atoms with E-state index in [1.807, 2.05) is 65.9 Å². The molecule has 1 aromatic heterocycles. The summed E-state index contributed by atoms with van der Waals surface area (Å²) in [6.45, 7) is 13.6. The van der Waals surface area contributed by atoms with E-state index < -0.39 is 17.1 Å². The molecule has 0 unspecified atom stereocenters. The van der Waals surface area contributed by atoms with Crippen LogP contribution in [0, 0.1) is 12.3 Å². The van der Waals surface area contributed by atoms with Gasteiger partial charge in [0.1, 0.15) is 11.0 Å². The van der Waals surface area contributed by atoms with Gasteiger partial charge in [0.05, 0.1) is 29.3 Å². The highest BCUT2D eigenvalue weighted by Gasteiger charge is 2.45. The van der Waals surface area contributed by atoms with Gasteiger partial charge in [0, 0.05) is 27.2 Å². The fourth-order valence-electron chi connectivity index (χ4n) is 4.28. The molecule has 0 bridgehead atoms. The minimum Gasteiger partial charge on any atom is -0.444 e. The first-order valence-electron chi connectivity index (χ1n) is 11.9. The van der Waals surface area contributed by atoms with Crippen molar-refractivity contribution in [2.24, 2.45) is 12.5 Å². The third kappa shape index (κ3) is 5.33. The lowest BCUT2D eigenvalue weighted by Gasteiger charge is -2.28. The van der Waals surface area contributed by atoms with Crippen LogP contribution in [0.1, 0.15) is 58.5 Å². The third-order valence-electron chi connectivity index (χ3n) is 6.10. The summed E-state index contributed by atoms with van der Waals surface area (Å²) in [6, 6.07) is 7.54. The van der Waals surface area contributed by atoms with E-state index in [-0.39, 0.29) is 18.4 Å². The van der Waals surface area contributed by atoms with Crippen molar-refractivity contribution in [1.82, 2.24) is 14.7 Å². The Hall–Kier alpha value is -3.36. The van der Waals surface area contributed by atoms with Gasteiger partial charge in [0.15, 0.2) is 0 Å². The van der Waals surface area contributed by atoms with Gasteiger partial charge < -0.3 is 14.5 Å². The molecule has 3 rings (SSSR count). The van der Waals surface area contributed by atoms with Gasteiger partial charge in [0.2, 0.25) is 11.8 Å². The molecular weight excluding hydrogens is 446 g/mol. The Labute approximate surface area is 207 Å². The minimum absolute atomic E-state index is 0.231. The monoisotopic (exact) mass is 483 g/mol. The van der Waals surface area contributed by atoms with Crippen LogP contribution in [0.25, 0.3) is 0 Å². The fourth-order valence-corrected chi connectivity index (χ4v) is 4.28. The number of aromatic nitrogens is 2. The number of aryl methyl sites for hydroxylation is 2. The summed E-state index contributed by atoms with van der Waals surface area (Å²) in [5, 5.41) is 4.39. The van der Waals surface area contributed by atoms with Crippen molar-refractivity contribution >= 4 is 29.3 Å². The largest absolute Gasteiger partial charge is 0.444 e. The third-order valence-corrected chi connectivity index (χ3v) is 6.10. The Kier molecular flexibility index (Phi) is 7.02. The highest BCUT2D eigenvalue weighted by molar-refractivity contribution is 6.19. The number of benzene rings is 1. The zero-order valence-electron chi connectivity index (χ0n) is 22.3. The number of ether oxygens (including phenoxy) is 1. The van der Waals surface area contributed by atoms with Crippen LogP contribution < -0.4 is 9.80 Å². The minimum atomic E-state index is -1.18. The summed E-state index contributed by atoms with van der Waals surface area (Å²) < 4.78 is 7.43. The molecule has 1 aromatic carbocycles. The Bertz CT molecular complexity index is 1150. The molecule has 1 aliphatic heterocycles. The van der Waals surface area contributed by atoms with E-state index in [0.717, 1.165) is 17.0 Å². The van der Waals surface area contributed by atoms with Crippen LogP contribution >= 0.6 is 0 Å². The van der Waals surface area contributed by atoms with Crippen molar-refractivity contribution in [3.63, 3.8) is 0 Å². The Morgan fingerprint density at radius 3 is 2.26 bits per heavy atom. The lowest BCUT2D eigenvalue weighted by molar-refractivity contribution is -0.137. The van der Waals surface area contributed by atoms with Crippen molar-refractivity contribution in [1.29, 1.82) is 0 Å². The number of carbonyl (C=O) groups excluding carboxylic acids is 3. The first kappa shape index (κ1) is 26.2. The second kappa shape index (κ2) is 9.36. The standard InChI is InChI=1S/C26H37N5O4/c1-10-31-20-12-11-18(14-21(20)28(8)22(32)26(6,7)23(31)33)15-30(24(34)35-25(3,4)5)16-19-13-17(2)27-29(19)9/h11-14H,10,15-16H2,1-9H3. The van der Waals surface area contributed by atoms with Crippen molar-refractivity contribution in [3.05, 3.63) is 41.2 Å². The van der Waals surface area contributed by atoms with Crippen LogP contribution in [0.5, 0.6) is 0 Å². The number of hydrogen-bond donors (Lipinski definition) is 0. The first-order valence-corrected chi connectivity index (χ1v) is 11.9. The number of rotatable bonds is 5. The molecule has 0 saturated heterocycles. The molecule has 0 fully saturated rings. The summed E-state index contributed by atoms with van der Waals surface area (Å²) in [5.41, 5.74) is 2.04. The normalized spacial score (nSPS) is 15.7. The van der Waals surface area contributed by atoms with Crippen molar-refractivity contribution < 1.29 is 19.1 Å². The van der Waals surface area contributed by atoms with Crippen molar-refractivity contribution in [3.8, 4) is 0 Å². The molecule has 3 amide bonds. The van der Waals surface area contributed by atoms with Gasteiger partial charge in [-0.05, 0) is 72.2 Å². The molecule has 0 saturated carbocycles. The summed E-state index contributed by atoms with van der Waals surface area (Å²) >= 11 is 0. The van der Waals surface area contributed by atoms with E-state index in [1.54, 1.807) is 35.4 Å². The maximum Gasteiger partial charge on any atom is 0.410 e. The number of nitrogens with zero attached hydrogens (tertiary/aromatic N) is 5.